The SMILES string of the molecule is C=CC(=O)OCCNC(=O)NCC(CSc1cccc2c1sc1ccccc12)(CSc1cccc2c1sc1ccccc12)CSc1cccc2c1sc1ccccc12. The number of rotatable bonds is 15. The first kappa shape index (κ1) is 39.0. The molecule has 0 aliphatic rings. The number of nitrogens with one attached hydrogen (secondary N) is 2. The van der Waals surface area contributed by atoms with Crippen molar-refractivity contribution in [1.29, 1.82) is 0 Å². The molecule has 58 heavy (non-hydrogen) atoms. The zero-order chi connectivity index (χ0) is 39.5. The fourth-order valence-electron chi connectivity index (χ4n) is 7.18. The van der Waals surface area contributed by atoms with Gasteiger partial charge in [-0.1, -0.05) is 97.6 Å². The molecular formula is C47H38N2O3S6. The molecule has 0 aliphatic carbocycles. The van der Waals surface area contributed by atoms with Crippen LogP contribution in [0.15, 0.2) is 155 Å². The molecule has 0 saturated carbocycles. The van der Waals surface area contributed by atoms with Crippen molar-refractivity contribution in [3.8, 4) is 0 Å². The summed E-state index contributed by atoms with van der Waals surface area (Å²) in [5.74, 6) is 1.83. The molecule has 3 aromatic heterocycles. The summed E-state index contributed by atoms with van der Waals surface area (Å²) in [5, 5.41) is 13.9. The molecule has 0 aliphatic heterocycles. The zero-order valence-corrected chi connectivity index (χ0v) is 36.2. The molecule has 0 atom stereocenters. The first-order chi connectivity index (χ1) is 28.5. The molecule has 0 bridgehead atoms. The van der Waals surface area contributed by atoms with Crippen LogP contribution in [0.25, 0.3) is 60.5 Å². The summed E-state index contributed by atoms with van der Waals surface area (Å²) in [4.78, 5) is 28.8. The minimum absolute atomic E-state index is 0.0719. The molecule has 11 heteroatoms. The molecule has 0 fully saturated rings. The highest BCUT2D eigenvalue weighted by atomic mass is 32.2. The number of esters is 1. The third-order valence-electron chi connectivity index (χ3n) is 10.1. The Kier molecular flexibility index (Phi) is 11.7. The van der Waals surface area contributed by atoms with Crippen LogP contribution in [0.3, 0.4) is 0 Å². The van der Waals surface area contributed by atoms with Crippen molar-refractivity contribution in [1.82, 2.24) is 10.6 Å². The highest BCUT2D eigenvalue weighted by Gasteiger charge is 2.33. The van der Waals surface area contributed by atoms with E-state index in [1.165, 1.54) is 75.2 Å². The van der Waals surface area contributed by atoms with Gasteiger partial charge in [0.05, 0.1) is 6.54 Å². The van der Waals surface area contributed by atoms with Gasteiger partial charge >= 0.3 is 12.0 Å². The number of carbonyl (C=O) groups excluding carboxylic acids is 2. The monoisotopic (exact) mass is 870 g/mol. The fraction of sp³-hybridized carbons (Fsp3) is 0.149. The molecule has 9 rings (SSSR count). The molecule has 9 aromatic rings. The average Bonchev–Trinajstić information content (AvgIpc) is 3.97. The quantitative estimate of drug-likeness (QED) is 0.0463. The van der Waals surface area contributed by atoms with Crippen molar-refractivity contribution in [2.45, 2.75) is 14.7 Å². The molecule has 2 N–H and O–H groups in total. The van der Waals surface area contributed by atoms with Crippen molar-refractivity contribution in [2.75, 3.05) is 37.0 Å². The van der Waals surface area contributed by atoms with E-state index in [1.807, 2.05) is 69.3 Å². The van der Waals surface area contributed by atoms with Gasteiger partial charge in [-0.2, -0.15) is 0 Å². The Morgan fingerprint density at radius 3 is 1.36 bits per heavy atom. The second-order valence-corrected chi connectivity index (χ2v) is 20.2. The molecule has 0 unspecified atom stereocenters. The lowest BCUT2D eigenvalue weighted by atomic mass is 9.95. The normalized spacial score (nSPS) is 11.9. The number of thioether (sulfide) groups is 3. The lowest BCUT2D eigenvalue weighted by Crippen LogP contribution is -2.47. The van der Waals surface area contributed by atoms with Gasteiger partial charge in [-0.25, -0.2) is 9.59 Å². The number of carbonyl (C=O) groups is 2. The number of thiophene rings is 3. The lowest BCUT2D eigenvalue weighted by molar-refractivity contribution is -0.137. The Hall–Kier alpha value is -4.49. The molecule has 2 amide bonds. The van der Waals surface area contributed by atoms with Crippen LogP contribution in [-0.4, -0.2) is 49.0 Å². The van der Waals surface area contributed by atoms with Gasteiger partial charge in [0.25, 0.3) is 0 Å². The summed E-state index contributed by atoms with van der Waals surface area (Å²) >= 11 is 11.2. The maximum atomic E-state index is 13.5. The predicted octanol–water partition coefficient (Wildman–Crippen LogP) is 13.5. The van der Waals surface area contributed by atoms with Crippen molar-refractivity contribution >= 4 is 142 Å². The van der Waals surface area contributed by atoms with Crippen LogP contribution in [0.5, 0.6) is 0 Å². The van der Waals surface area contributed by atoms with Gasteiger partial charge in [-0.15, -0.1) is 69.3 Å². The first-order valence-electron chi connectivity index (χ1n) is 18.9. The van der Waals surface area contributed by atoms with Gasteiger partial charge in [0.2, 0.25) is 0 Å². The first-order valence-corrected chi connectivity index (χ1v) is 24.3. The number of fused-ring (bicyclic) bond motifs is 9. The van der Waals surface area contributed by atoms with Crippen molar-refractivity contribution in [2.24, 2.45) is 5.41 Å². The Morgan fingerprint density at radius 1 is 0.552 bits per heavy atom. The number of hydrogen-bond acceptors (Lipinski definition) is 9. The molecule has 0 radical (unpaired) electrons. The second-order valence-electron chi connectivity index (χ2n) is 14.0. The minimum atomic E-state index is -0.511. The van der Waals surface area contributed by atoms with Crippen LogP contribution in [0.4, 0.5) is 4.79 Å². The number of urea groups is 1. The minimum Gasteiger partial charge on any atom is -0.461 e. The third kappa shape index (κ3) is 8.08. The lowest BCUT2D eigenvalue weighted by Gasteiger charge is -2.34. The molecule has 290 valence electrons. The van der Waals surface area contributed by atoms with E-state index in [4.69, 9.17) is 4.74 Å². The Labute approximate surface area is 361 Å². The number of benzene rings is 6. The van der Waals surface area contributed by atoms with Crippen LogP contribution in [0.2, 0.25) is 0 Å². The highest BCUT2D eigenvalue weighted by molar-refractivity contribution is 8.01. The fourth-order valence-corrected chi connectivity index (χ4v) is 15.4. The Bertz CT molecular complexity index is 2680. The Balaban J connectivity index is 1.07. The molecule has 5 nitrogen and oxygen atoms in total. The van der Waals surface area contributed by atoms with Gasteiger partial charge in [0, 0.05) is 110 Å². The molecular weight excluding hydrogens is 833 g/mol. The maximum Gasteiger partial charge on any atom is 0.330 e. The van der Waals surface area contributed by atoms with Crippen LogP contribution >= 0.6 is 69.3 Å². The molecule has 0 saturated heterocycles. The number of hydrogen-bond donors (Lipinski definition) is 2. The maximum absolute atomic E-state index is 13.5. The molecule has 0 spiro atoms. The molecule has 6 aromatic carbocycles. The van der Waals surface area contributed by atoms with Crippen LogP contribution < -0.4 is 10.6 Å². The van der Waals surface area contributed by atoms with Crippen molar-refractivity contribution in [3.05, 3.63) is 140 Å². The zero-order valence-electron chi connectivity index (χ0n) is 31.3. The van der Waals surface area contributed by atoms with Gasteiger partial charge in [0.1, 0.15) is 6.61 Å². The van der Waals surface area contributed by atoms with Gasteiger partial charge in [-0.05, 0) is 36.4 Å². The van der Waals surface area contributed by atoms with E-state index in [1.54, 1.807) is 0 Å². The Morgan fingerprint density at radius 2 is 0.948 bits per heavy atom. The van der Waals surface area contributed by atoms with E-state index < -0.39 is 5.97 Å². The predicted molar refractivity (Wildman–Crippen MR) is 255 cm³/mol. The highest BCUT2D eigenvalue weighted by Crippen LogP contribution is 2.47. The summed E-state index contributed by atoms with van der Waals surface area (Å²) < 4.78 is 12.9. The van der Waals surface area contributed by atoms with Gasteiger partial charge < -0.3 is 15.4 Å². The van der Waals surface area contributed by atoms with E-state index >= 15 is 0 Å². The van der Waals surface area contributed by atoms with E-state index in [9.17, 15) is 9.59 Å². The van der Waals surface area contributed by atoms with E-state index in [0.717, 1.165) is 23.3 Å². The topological polar surface area (TPSA) is 67.4 Å². The van der Waals surface area contributed by atoms with E-state index in [0.29, 0.717) is 6.54 Å². The number of ether oxygens (including phenoxy) is 1. The van der Waals surface area contributed by atoms with E-state index in [-0.39, 0.29) is 24.6 Å². The summed E-state index contributed by atoms with van der Waals surface area (Å²) in [6, 6.07) is 45.6. The smallest absolute Gasteiger partial charge is 0.330 e. The summed E-state index contributed by atoms with van der Waals surface area (Å²) in [6.45, 7) is 4.18. The average molecular weight is 871 g/mol. The number of amides is 2. The molecule has 3 heterocycles. The third-order valence-corrected chi connectivity index (χ3v) is 18.4. The second kappa shape index (κ2) is 17.4. The summed E-state index contributed by atoms with van der Waals surface area (Å²) in [5.41, 5.74) is -0.358. The largest absolute Gasteiger partial charge is 0.461 e. The van der Waals surface area contributed by atoms with Gasteiger partial charge in [0.15, 0.2) is 0 Å². The van der Waals surface area contributed by atoms with Crippen molar-refractivity contribution < 1.29 is 14.3 Å². The van der Waals surface area contributed by atoms with Gasteiger partial charge in [-0.3, -0.25) is 0 Å². The van der Waals surface area contributed by atoms with Crippen LogP contribution in [0.1, 0.15) is 0 Å². The van der Waals surface area contributed by atoms with Crippen LogP contribution in [-0.2, 0) is 9.53 Å². The standard InChI is InChI=1S/C47H38N2O3S6/c1-2-42(50)52-25-24-48-46(51)49-26-47(27-53-39-21-9-15-33-30-12-3-6-18-36(30)56-43(33)39,28-54-40-22-10-16-34-31-13-4-7-19-37(31)57-44(34)40)29-55-41-23-11-17-35-32-14-5-8-20-38(32)58-45(35)41/h2-23H,1,24-29H2,(H2,48,49,51). The van der Waals surface area contributed by atoms with E-state index in [2.05, 4.69) is 145 Å². The summed E-state index contributed by atoms with van der Waals surface area (Å²) in [7, 11) is 0. The summed E-state index contributed by atoms with van der Waals surface area (Å²) in [6.07, 6.45) is 1.12. The van der Waals surface area contributed by atoms with Crippen LogP contribution in [0, 0.1) is 5.41 Å². The van der Waals surface area contributed by atoms with Crippen molar-refractivity contribution in [3.63, 3.8) is 0 Å².